The second-order valence-corrected chi connectivity index (χ2v) is 5.60. The summed E-state index contributed by atoms with van der Waals surface area (Å²) in [6.07, 6.45) is 1.82. The summed E-state index contributed by atoms with van der Waals surface area (Å²) in [5.74, 6) is 1.50. The second kappa shape index (κ2) is 5.61. The molecule has 1 amide bonds. The lowest BCUT2D eigenvalue weighted by molar-refractivity contribution is 0.0801. The molecule has 0 aromatic carbocycles. The number of hydrogen-bond acceptors (Lipinski definition) is 3. The number of rotatable bonds is 3. The van der Waals surface area contributed by atoms with Gasteiger partial charge >= 0.3 is 0 Å². The maximum Gasteiger partial charge on any atom is 0.261 e. The van der Waals surface area contributed by atoms with E-state index >= 15 is 0 Å². The van der Waals surface area contributed by atoms with Crippen LogP contribution >= 0.6 is 11.8 Å². The van der Waals surface area contributed by atoms with Crippen LogP contribution in [0.4, 0.5) is 0 Å². The predicted octanol–water partition coefficient (Wildman–Crippen LogP) is 1.78. The quantitative estimate of drug-likeness (QED) is 0.907. The van der Waals surface area contributed by atoms with E-state index in [2.05, 4.69) is 11.9 Å². The highest BCUT2D eigenvalue weighted by molar-refractivity contribution is 7.99. The van der Waals surface area contributed by atoms with Gasteiger partial charge in [0.2, 0.25) is 0 Å². The smallest absolute Gasteiger partial charge is 0.261 e. The molecule has 0 aliphatic carbocycles. The van der Waals surface area contributed by atoms with Gasteiger partial charge in [0.05, 0.1) is 5.88 Å². The van der Waals surface area contributed by atoms with Crippen LogP contribution in [0.3, 0.4) is 0 Å². The fraction of sp³-hybridized carbons (Fsp3) is 0.538. The van der Waals surface area contributed by atoms with Gasteiger partial charge in [-0.3, -0.25) is 9.59 Å². The van der Waals surface area contributed by atoms with Crippen molar-refractivity contribution in [1.29, 1.82) is 0 Å². The summed E-state index contributed by atoms with van der Waals surface area (Å²) >= 11 is 1.72. The lowest BCUT2D eigenvalue weighted by Gasteiger charge is -2.14. The van der Waals surface area contributed by atoms with E-state index in [4.69, 9.17) is 0 Å². The van der Waals surface area contributed by atoms with Crippen molar-refractivity contribution in [3.8, 4) is 0 Å². The molecular weight excluding hydrogens is 248 g/mol. The summed E-state index contributed by atoms with van der Waals surface area (Å²) < 4.78 is 0. The highest BCUT2D eigenvalue weighted by atomic mass is 32.2. The summed E-state index contributed by atoms with van der Waals surface area (Å²) in [5.41, 5.74) is 1.95. The molecule has 0 radical (unpaired) electrons. The molecule has 0 saturated carbocycles. The van der Waals surface area contributed by atoms with Gasteiger partial charge < -0.3 is 9.88 Å². The Kier molecular flexibility index (Phi) is 4.11. The van der Waals surface area contributed by atoms with Gasteiger partial charge in [-0.05, 0) is 25.0 Å². The molecule has 1 N–H and O–H groups in total. The van der Waals surface area contributed by atoms with Crippen molar-refractivity contribution in [2.45, 2.75) is 26.7 Å². The number of pyridine rings is 1. The largest absolute Gasteiger partial charge is 0.328 e. The minimum Gasteiger partial charge on any atom is -0.328 e. The third-order valence-corrected chi connectivity index (χ3v) is 4.08. The number of thioether (sulfide) groups is 1. The number of carbonyl (C=O) groups is 1. The van der Waals surface area contributed by atoms with Crippen molar-refractivity contribution in [1.82, 2.24) is 9.88 Å². The van der Waals surface area contributed by atoms with Gasteiger partial charge in [0.1, 0.15) is 5.56 Å². The highest BCUT2D eigenvalue weighted by Crippen LogP contribution is 2.16. The Hall–Kier alpha value is -1.23. The molecule has 1 aliphatic rings. The Balaban J connectivity index is 2.31. The number of nitrogens with one attached hydrogen (secondary N) is 1. The van der Waals surface area contributed by atoms with Crippen molar-refractivity contribution in [2.24, 2.45) is 0 Å². The maximum absolute atomic E-state index is 12.2. The molecule has 18 heavy (non-hydrogen) atoms. The third kappa shape index (κ3) is 2.61. The SMILES string of the molecule is CCCc1[nH]c(=O)c(C(=O)N2CCSC2)cc1C. The summed E-state index contributed by atoms with van der Waals surface area (Å²) in [5, 5.41) is 0. The van der Waals surface area contributed by atoms with Crippen molar-refractivity contribution in [3.05, 3.63) is 33.2 Å². The molecule has 5 heteroatoms. The van der Waals surface area contributed by atoms with E-state index in [0.717, 1.165) is 36.4 Å². The van der Waals surface area contributed by atoms with Gasteiger partial charge in [-0.1, -0.05) is 13.3 Å². The van der Waals surface area contributed by atoms with Crippen molar-refractivity contribution < 1.29 is 4.79 Å². The number of carbonyl (C=O) groups excluding carboxylic acids is 1. The Labute approximate surface area is 111 Å². The molecule has 2 rings (SSSR count). The van der Waals surface area contributed by atoms with E-state index in [0.29, 0.717) is 5.88 Å². The molecule has 0 unspecified atom stereocenters. The highest BCUT2D eigenvalue weighted by Gasteiger charge is 2.22. The van der Waals surface area contributed by atoms with Crippen LogP contribution in [0.15, 0.2) is 10.9 Å². The van der Waals surface area contributed by atoms with Gasteiger partial charge in [0.15, 0.2) is 0 Å². The maximum atomic E-state index is 12.2. The Morgan fingerprint density at radius 2 is 2.33 bits per heavy atom. The lowest BCUT2D eigenvalue weighted by atomic mass is 10.1. The van der Waals surface area contributed by atoms with E-state index in [1.165, 1.54) is 0 Å². The molecule has 0 bridgehead atoms. The monoisotopic (exact) mass is 266 g/mol. The van der Waals surface area contributed by atoms with Crippen LogP contribution in [0, 0.1) is 6.92 Å². The molecule has 1 aromatic rings. The Morgan fingerprint density at radius 3 is 2.94 bits per heavy atom. The van der Waals surface area contributed by atoms with Crippen molar-refractivity contribution >= 4 is 17.7 Å². The molecule has 2 heterocycles. The van der Waals surface area contributed by atoms with Crippen LogP contribution in [-0.4, -0.2) is 34.0 Å². The number of H-pyrrole nitrogens is 1. The molecule has 0 atom stereocenters. The first-order chi connectivity index (χ1) is 8.63. The molecule has 1 aliphatic heterocycles. The normalized spacial score (nSPS) is 15.1. The van der Waals surface area contributed by atoms with E-state index in [9.17, 15) is 9.59 Å². The first-order valence-electron chi connectivity index (χ1n) is 6.23. The number of amides is 1. The van der Waals surface area contributed by atoms with Crippen LogP contribution in [0.1, 0.15) is 35.0 Å². The van der Waals surface area contributed by atoms with Crippen LogP contribution in [0.25, 0.3) is 0 Å². The van der Waals surface area contributed by atoms with E-state index in [-0.39, 0.29) is 17.0 Å². The zero-order valence-electron chi connectivity index (χ0n) is 10.8. The zero-order chi connectivity index (χ0) is 13.1. The average Bonchev–Trinajstić information content (AvgIpc) is 2.86. The Morgan fingerprint density at radius 1 is 1.56 bits per heavy atom. The number of aromatic nitrogens is 1. The number of hydrogen-bond donors (Lipinski definition) is 1. The van der Waals surface area contributed by atoms with E-state index in [1.807, 2.05) is 6.92 Å². The van der Waals surface area contributed by atoms with E-state index < -0.39 is 0 Å². The van der Waals surface area contributed by atoms with Crippen LogP contribution in [0.5, 0.6) is 0 Å². The number of nitrogens with zero attached hydrogens (tertiary/aromatic N) is 1. The van der Waals surface area contributed by atoms with E-state index in [1.54, 1.807) is 22.7 Å². The van der Waals surface area contributed by atoms with Crippen molar-refractivity contribution in [3.63, 3.8) is 0 Å². The lowest BCUT2D eigenvalue weighted by Crippen LogP contribution is -2.33. The van der Waals surface area contributed by atoms with Crippen LogP contribution in [-0.2, 0) is 6.42 Å². The van der Waals surface area contributed by atoms with Crippen LogP contribution in [0.2, 0.25) is 0 Å². The number of aromatic amines is 1. The summed E-state index contributed by atoms with van der Waals surface area (Å²) in [4.78, 5) is 28.7. The van der Waals surface area contributed by atoms with Gasteiger partial charge in [0, 0.05) is 18.0 Å². The molecule has 1 fully saturated rings. The first kappa shape index (κ1) is 13.2. The first-order valence-corrected chi connectivity index (χ1v) is 7.38. The summed E-state index contributed by atoms with van der Waals surface area (Å²) in [7, 11) is 0. The van der Waals surface area contributed by atoms with Gasteiger partial charge in [-0.2, -0.15) is 0 Å². The molecule has 1 aromatic heterocycles. The molecule has 1 saturated heterocycles. The minimum absolute atomic E-state index is 0.146. The minimum atomic E-state index is -0.258. The predicted molar refractivity (Wildman–Crippen MR) is 74.2 cm³/mol. The van der Waals surface area contributed by atoms with Gasteiger partial charge in [0.25, 0.3) is 11.5 Å². The second-order valence-electron chi connectivity index (χ2n) is 4.53. The Bertz CT molecular complexity index is 504. The summed E-state index contributed by atoms with van der Waals surface area (Å²) in [6.45, 7) is 4.74. The topological polar surface area (TPSA) is 53.2 Å². The zero-order valence-corrected chi connectivity index (χ0v) is 11.6. The summed E-state index contributed by atoms with van der Waals surface area (Å²) in [6, 6.07) is 1.73. The fourth-order valence-electron chi connectivity index (χ4n) is 2.09. The molecule has 98 valence electrons. The number of aryl methyl sites for hydroxylation is 2. The van der Waals surface area contributed by atoms with Crippen molar-refractivity contribution in [2.75, 3.05) is 18.2 Å². The third-order valence-electron chi connectivity index (χ3n) is 3.12. The molecular formula is C13H18N2O2S. The molecule has 0 spiro atoms. The molecule has 4 nitrogen and oxygen atoms in total. The fourth-order valence-corrected chi connectivity index (χ4v) is 3.03. The standard InChI is InChI=1S/C13H18N2O2S/c1-3-4-11-9(2)7-10(12(16)14-11)13(17)15-5-6-18-8-15/h7H,3-6,8H2,1-2H3,(H,14,16). The van der Waals surface area contributed by atoms with Gasteiger partial charge in [-0.25, -0.2) is 0 Å². The average molecular weight is 266 g/mol. The van der Waals surface area contributed by atoms with Crippen LogP contribution < -0.4 is 5.56 Å². The van der Waals surface area contributed by atoms with Gasteiger partial charge in [-0.15, -0.1) is 11.8 Å².